The SMILES string of the molecule is Cc1cc(NC(=O)[C@H](NC(=O)Nc2ccc(Cl)cc2)c2ccccc2)ccc1N1CCCCC1=N.Cl. The number of amidine groups is 1. The summed E-state index contributed by atoms with van der Waals surface area (Å²) in [5, 5.41) is 17.3. The van der Waals surface area contributed by atoms with Gasteiger partial charge in [0.25, 0.3) is 5.91 Å². The lowest BCUT2D eigenvalue weighted by Gasteiger charge is -2.30. The van der Waals surface area contributed by atoms with E-state index in [-0.39, 0.29) is 18.3 Å². The molecule has 0 radical (unpaired) electrons. The summed E-state index contributed by atoms with van der Waals surface area (Å²) in [6.07, 6.45) is 2.88. The van der Waals surface area contributed by atoms with Crippen LogP contribution >= 0.6 is 24.0 Å². The van der Waals surface area contributed by atoms with Crippen molar-refractivity contribution >= 4 is 58.8 Å². The van der Waals surface area contributed by atoms with E-state index in [1.165, 1.54) is 0 Å². The van der Waals surface area contributed by atoms with Crippen LogP contribution in [0.15, 0.2) is 72.8 Å². The van der Waals surface area contributed by atoms with Gasteiger partial charge in [0.15, 0.2) is 0 Å². The van der Waals surface area contributed by atoms with Crippen molar-refractivity contribution < 1.29 is 9.59 Å². The van der Waals surface area contributed by atoms with E-state index in [0.29, 0.717) is 27.8 Å². The average molecular weight is 526 g/mol. The molecular weight excluding hydrogens is 497 g/mol. The Morgan fingerprint density at radius 1 is 0.944 bits per heavy atom. The number of nitrogens with zero attached hydrogens (tertiary/aromatic N) is 1. The number of halogens is 2. The number of hydrogen-bond acceptors (Lipinski definition) is 3. The highest BCUT2D eigenvalue weighted by Crippen LogP contribution is 2.28. The second-order valence-corrected chi connectivity index (χ2v) is 8.93. The first-order chi connectivity index (χ1) is 16.9. The van der Waals surface area contributed by atoms with Gasteiger partial charge in [-0.15, -0.1) is 12.4 Å². The first-order valence-corrected chi connectivity index (χ1v) is 11.9. The highest BCUT2D eigenvalue weighted by molar-refractivity contribution is 6.30. The van der Waals surface area contributed by atoms with Gasteiger partial charge >= 0.3 is 6.03 Å². The maximum absolute atomic E-state index is 13.3. The second kappa shape index (κ2) is 12.4. The van der Waals surface area contributed by atoms with Crippen LogP contribution in [0.5, 0.6) is 0 Å². The fourth-order valence-electron chi connectivity index (χ4n) is 4.13. The van der Waals surface area contributed by atoms with Gasteiger partial charge in [0.2, 0.25) is 0 Å². The molecule has 3 amide bonds. The number of carbonyl (C=O) groups is 2. The fourth-order valence-corrected chi connectivity index (χ4v) is 4.25. The zero-order chi connectivity index (χ0) is 24.8. The minimum atomic E-state index is -0.904. The van der Waals surface area contributed by atoms with E-state index in [1.807, 2.05) is 48.2 Å². The summed E-state index contributed by atoms with van der Waals surface area (Å²) in [5.41, 5.74) is 3.80. The number of hydrogen-bond donors (Lipinski definition) is 4. The monoisotopic (exact) mass is 525 g/mol. The molecule has 1 saturated heterocycles. The van der Waals surface area contributed by atoms with Gasteiger partial charge in [-0.2, -0.15) is 0 Å². The lowest BCUT2D eigenvalue weighted by atomic mass is 10.0. The number of anilines is 3. The molecule has 4 rings (SSSR count). The molecule has 1 aliphatic rings. The lowest BCUT2D eigenvalue weighted by molar-refractivity contribution is -0.118. The number of amides is 3. The first-order valence-electron chi connectivity index (χ1n) is 11.6. The van der Waals surface area contributed by atoms with Crippen molar-refractivity contribution in [3.05, 3.63) is 88.9 Å². The largest absolute Gasteiger partial charge is 0.330 e. The number of carbonyl (C=O) groups excluding carboxylic acids is 2. The third-order valence-electron chi connectivity index (χ3n) is 5.90. The summed E-state index contributed by atoms with van der Waals surface area (Å²) in [6, 6.07) is 20.1. The van der Waals surface area contributed by atoms with E-state index in [9.17, 15) is 9.59 Å². The number of piperidine rings is 1. The second-order valence-electron chi connectivity index (χ2n) is 8.50. The van der Waals surface area contributed by atoms with E-state index >= 15 is 0 Å². The molecule has 7 nitrogen and oxygen atoms in total. The Morgan fingerprint density at radius 2 is 1.64 bits per heavy atom. The quantitative estimate of drug-likeness (QED) is 0.294. The van der Waals surface area contributed by atoms with Gasteiger partial charge in [0, 0.05) is 35.1 Å². The fraction of sp³-hybridized carbons (Fsp3) is 0.222. The maximum atomic E-state index is 13.3. The van der Waals surface area contributed by atoms with Crippen molar-refractivity contribution in [2.24, 2.45) is 0 Å². The molecule has 0 spiro atoms. The van der Waals surface area contributed by atoms with E-state index in [2.05, 4.69) is 16.0 Å². The number of benzene rings is 3. The van der Waals surface area contributed by atoms with Gasteiger partial charge in [-0.3, -0.25) is 10.2 Å². The van der Waals surface area contributed by atoms with Crippen molar-refractivity contribution in [1.29, 1.82) is 5.41 Å². The van der Waals surface area contributed by atoms with Crippen LogP contribution in [-0.4, -0.2) is 24.3 Å². The van der Waals surface area contributed by atoms with E-state index in [1.54, 1.807) is 36.4 Å². The molecule has 0 unspecified atom stereocenters. The predicted molar refractivity (Wildman–Crippen MR) is 149 cm³/mol. The Labute approximate surface area is 222 Å². The van der Waals surface area contributed by atoms with E-state index in [0.717, 1.165) is 37.1 Å². The standard InChI is InChI=1S/C27H28ClN5O2.ClH/c1-18-17-22(14-15-23(18)33-16-6-5-9-24(33)29)30-26(34)25(19-7-3-2-4-8-19)32-27(35)31-21-12-10-20(28)11-13-21;/h2-4,7-8,10-15,17,25,29H,5-6,9,16H2,1H3,(H,30,34)(H2,31,32,35);1H/t25-;/m1./s1. The van der Waals surface area contributed by atoms with Gasteiger partial charge in [-0.25, -0.2) is 4.79 Å². The molecule has 0 aromatic heterocycles. The van der Waals surface area contributed by atoms with Crippen LogP contribution < -0.4 is 20.9 Å². The maximum Gasteiger partial charge on any atom is 0.320 e. The molecule has 36 heavy (non-hydrogen) atoms. The summed E-state index contributed by atoms with van der Waals surface area (Å²) in [4.78, 5) is 28.0. The summed E-state index contributed by atoms with van der Waals surface area (Å²) >= 11 is 5.91. The van der Waals surface area contributed by atoms with Crippen molar-refractivity contribution in [3.8, 4) is 0 Å². The third kappa shape index (κ3) is 6.77. The van der Waals surface area contributed by atoms with Crippen molar-refractivity contribution in [1.82, 2.24) is 5.32 Å². The number of nitrogens with one attached hydrogen (secondary N) is 4. The summed E-state index contributed by atoms with van der Waals surface area (Å²) in [5.74, 6) is 0.261. The smallest absolute Gasteiger partial charge is 0.320 e. The Balaban J connectivity index is 0.00000361. The van der Waals surface area contributed by atoms with Crippen LogP contribution in [0, 0.1) is 12.3 Å². The molecule has 3 aromatic carbocycles. The Kier molecular flexibility index (Phi) is 9.33. The van der Waals surface area contributed by atoms with Crippen LogP contribution in [0.25, 0.3) is 0 Å². The van der Waals surface area contributed by atoms with Gasteiger partial charge in [-0.05, 0) is 73.4 Å². The lowest BCUT2D eigenvalue weighted by Crippen LogP contribution is -2.39. The van der Waals surface area contributed by atoms with Crippen LogP contribution in [0.2, 0.25) is 5.02 Å². The van der Waals surface area contributed by atoms with E-state index in [4.69, 9.17) is 17.0 Å². The molecule has 1 fully saturated rings. The first kappa shape index (κ1) is 27.0. The normalized spacial score (nSPS) is 13.8. The number of rotatable bonds is 6. The van der Waals surface area contributed by atoms with Gasteiger partial charge in [0.05, 0.1) is 0 Å². The molecule has 0 bridgehead atoms. The molecule has 3 aromatic rings. The summed E-state index contributed by atoms with van der Waals surface area (Å²) < 4.78 is 0. The van der Waals surface area contributed by atoms with Crippen LogP contribution in [-0.2, 0) is 4.79 Å². The summed E-state index contributed by atoms with van der Waals surface area (Å²) in [7, 11) is 0. The molecule has 1 aliphatic heterocycles. The molecule has 9 heteroatoms. The molecule has 1 heterocycles. The summed E-state index contributed by atoms with van der Waals surface area (Å²) in [6.45, 7) is 2.80. The molecule has 1 atom stereocenters. The third-order valence-corrected chi connectivity index (χ3v) is 6.15. The van der Waals surface area contributed by atoms with Gasteiger partial charge < -0.3 is 20.9 Å². The molecule has 4 N–H and O–H groups in total. The van der Waals surface area contributed by atoms with Crippen LogP contribution in [0.3, 0.4) is 0 Å². The Bertz CT molecular complexity index is 1220. The number of urea groups is 1. The Morgan fingerprint density at radius 3 is 2.31 bits per heavy atom. The molecule has 0 saturated carbocycles. The average Bonchev–Trinajstić information content (AvgIpc) is 2.85. The molecule has 0 aliphatic carbocycles. The van der Waals surface area contributed by atoms with Gasteiger partial charge in [-0.1, -0.05) is 41.9 Å². The highest BCUT2D eigenvalue weighted by atomic mass is 35.5. The van der Waals surface area contributed by atoms with Crippen molar-refractivity contribution in [2.45, 2.75) is 32.2 Å². The van der Waals surface area contributed by atoms with Gasteiger partial charge in [0.1, 0.15) is 11.9 Å². The topological polar surface area (TPSA) is 97.3 Å². The van der Waals surface area contributed by atoms with Crippen molar-refractivity contribution in [3.63, 3.8) is 0 Å². The van der Waals surface area contributed by atoms with Crippen molar-refractivity contribution in [2.75, 3.05) is 22.1 Å². The van der Waals surface area contributed by atoms with Crippen LogP contribution in [0.1, 0.15) is 36.4 Å². The number of aryl methyl sites for hydroxylation is 1. The van der Waals surface area contributed by atoms with Crippen LogP contribution in [0.4, 0.5) is 21.9 Å². The minimum absolute atomic E-state index is 0. The molecule has 188 valence electrons. The van der Waals surface area contributed by atoms with E-state index < -0.39 is 12.1 Å². The molecular formula is C27H29Cl2N5O2. The zero-order valence-electron chi connectivity index (χ0n) is 19.9. The Hall–Kier alpha value is -3.55. The zero-order valence-corrected chi connectivity index (χ0v) is 21.5. The predicted octanol–water partition coefficient (Wildman–Crippen LogP) is 6.54. The minimum Gasteiger partial charge on any atom is -0.330 e. The highest BCUT2D eigenvalue weighted by Gasteiger charge is 2.24.